The van der Waals surface area contributed by atoms with Crippen molar-refractivity contribution in [3.05, 3.63) is 21.9 Å². The molecule has 0 fully saturated rings. The van der Waals surface area contributed by atoms with E-state index in [9.17, 15) is 0 Å². The molecule has 0 radical (unpaired) electrons. The fourth-order valence-electron chi connectivity index (χ4n) is 3.41. The first-order valence-corrected chi connectivity index (χ1v) is 9.43. The van der Waals surface area contributed by atoms with Gasteiger partial charge in [-0.2, -0.15) is 0 Å². The maximum absolute atomic E-state index is 3.68. The Morgan fingerprint density at radius 2 is 2.10 bits per heavy atom. The van der Waals surface area contributed by atoms with Crippen molar-refractivity contribution in [1.82, 2.24) is 10.2 Å². The minimum atomic E-state index is 0.409. The molecule has 0 amide bonds. The van der Waals surface area contributed by atoms with Crippen molar-refractivity contribution >= 4 is 11.3 Å². The summed E-state index contributed by atoms with van der Waals surface area (Å²) in [4.78, 5) is 4.32. The van der Waals surface area contributed by atoms with Gasteiger partial charge in [-0.1, -0.05) is 27.7 Å². The van der Waals surface area contributed by atoms with Crippen molar-refractivity contribution < 1.29 is 0 Å². The molecule has 1 aromatic heterocycles. The lowest BCUT2D eigenvalue weighted by Crippen LogP contribution is -2.47. The van der Waals surface area contributed by atoms with Gasteiger partial charge in [-0.15, -0.1) is 11.3 Å². The molecule has 2 rings (SSSR count). The molecule has 120 valence electrons. The highest BCUT2D eigenvalue weighted by molar-refractivity contribution is 7.10. The molecule has 2 nitrogen and oxygen atoms in total. The molecule has 1 aliphatic rings. The molecular weight excluding hydrogens is 276 g/mol. The minimum Gasteiger partial charge on any atom is -0.314 e. The second kappa shape index (κ2) is 7.26. The molecule has 0 aromatic carbocycles. The van der Waals surface area contributed by atoms with E-state index >= 15 is 0 Å². The van der Waals surface area contributed by atoms with E-state index in [1.165, 1.54) is 32.4 Å². The van der Waals surface area contributed by atoms with E-state index in [0.717, 1.165) is 6.54 Å². The Bertz CT molecular complexity index is 434. The van der Waals surface area contributed by atoms with Gasteiger partial charge in [0.25, 0.3) is 0 Å². The summed E-state index contributed by atoms with van der Waals surface area (Å²) in [7, 11) is 0. The molecule has 1 aromatic rings. The maximum atomic E-state index is 3.68. The quantitative estimate of drug-likeness (QED) is 0.799. The molecule has 1 aliphatic heterocycles. The molecule has 1 unspecified atom stereocenters. The summed E-state index contributed by atoms with van der Waals surface area (Å²) in [5.74, 6) is 0. The van der Waals surface area contributed by atoms with E-state index in [1.807, 2.05) is 11.3 Å². The minimum absolute atomic E-state index is 0.409. The largest absolute Gasteiger partial charge is 0.314 e. The predicted molar refractivity (Wildman–Crippen MR) is 94.2 cm³/mol. The number of nitrogens with zero attached hydrogens (tertiary/aromatic N) is 1. The highest BCUT2D eigenvalue weighted by Crippen LogP contribution is 2.36. The third-order valence-corrected chi connectivity index (χ3v) is 6.32. The second-order valence-corrected chi connectivity index (χ2v) is 7.94. The van der Waals surface area contributed by atoms with E-state index in [-0.39, 0.29) is 0 Å². The fourth-order valence-corrected chi connectivity index (χ4v) is 4.37. The van der Waals surface area contributed by atoms with Crippen molar-refractivity contribution in [3.63, 3.8) is 0 Å². The second-order valence-electron chi connectivity index (χ2n) is 6.94. The third kappa shape index (κ3) is 3.88. The van der Waals surface area contributed by atoms with Crippen LogP contribution in [0.25, 0.3) is 0 Å². The Kier molecular flexibility index (Phi) is 5.87. The summed E-state index contributed by atoms with van der Waals surface area (Å²) in [6.07, 6.45) is 3.74. The van der Waals surface area contributed by atoms with Crippen molar-refractivity contribution in [2.45, 2.75) is 66.0 Å². The highest BCUT2D eigenvalue weighted by Gasteiger charge is 2.33. The van der Waals surface area contributed by atoms with Crippen LogP contribution in [0.15, 0.2) is 11.4 Å². The topological polar surface area (TPSA) is 15.3 Å². The van der Waals surface area contributed by atoms with Crippen LogP contribution in [0.5, 0.6) is 0 Å². The van der Waals surface area contributed by atoms with Crippen LogP contribution in [0.4, 0.5) is 0 Å². The van der Waals surface area contributed by atoms with Crippen LogP contribution < -0.4 is 5.32 Å². The summed E-state index contributed by atoms with van der Waals surface area (Å²) in [6.45, 7) is 15.2. The van der Waals surface area contributed by atoms with Gasteiger partial charge in [0.15, 0.2) is 0 Å². The van der Waals surface area contributed by atoms with Crippen LogP contribution >= 0.6 is 11.3 Å². The van der Waals surface area contributed by atoms with Crippen LogP contribution in [0.2, 0.25) is 0 Å². The Hall–Kier alpha value is -0.380. The Morgan fingerprint density at radius 1 is 1.38 bits per heavy atom. The molecule has 0 aliphatic carbocycles. The first kappa shape index (κ1) is 17.0. The number of thiophene rings is 1. The van der Waals surface area contributed by atoms with E-state index in [1.54, 1.807) is 10.4 Å². The van der Waals surface area contributed by atoms with Gasteiger partial charge < -0.3 is 5.32 Å². The molecule has 1 atom stereocenters. The molecule has 2 heterocycles. The summed E-state index contributed by atoms with van der Waals surface area (Å²) >= 11 is 1.94. The lowest BCUT2D eigenvalue weighted by atomic mass is 9.80. The van der Waals surface area contributed by atoms with Crippen LogP contribution in [0.1, 0.15) is 63.9 Å². The average molecular weight is 309 g/mol. The summed E-state index contributed by atoms with van der Waals surface area (Å²) in [5.41, 5.74) is 1.98. The van der Waals surface area contributed by atoms with Gasteiger partial charge in [0, 0.05) is 36.6 Å². The summed E-state index contributed by atoms with van der Waals surface area (Å²) in [5, 5.41) is 5.94. The predicted octanol–water partition coefficient (Wildman–Crippen LogP) is 4.47. The highest BCUT2D eigenvalue weighted by atomic mass is 32.1. The number of fused-ring (bicyclic) bond motifs is 1. The number of nitrogens with one attached hydrogen (secondary N) is 1. The van der Waals surface area contributed by atoms with E-state index in [0.29, 0.717) is 17.5 Å². The fraction of sp³-hybridized carbons (Fsp3) is 0.778. The molecule has 3 heteroatoms. The van der Waals surface area contributed by atoms with Gasteiger partial charge in [0.2, 0.25) is 0 Å². The molecule has 0 saturated heterocycles. The number of hydrogen-bond donors (Lipinski definition) is 1. The standard InChI is InChI=1S/C18H32N2S/c1-6-18(7-2,12-19-14(3)4)13-20-10-8-17-16(15(20)5)9-11-21-17/h9,11,14-15,19H,6-8,10,12-13H2,1-5H3. The zero-order valence-corrected chi connectivity index (χ0v) is 15.2. The van der Waals surface area contributed by atoms with Crippen molar-refractivity contribution in [2.24, 2.45) is 5.41 Å². The molecule has 0 spiro atoms. The summed E-state index contributed by atoms with van der Waals surface area (Å²) in [6, 6.07) is 3.49. The lowest BCUT2D eigenvalue weighted by molar-refractivity contribution is 0.0968. The van der Waals surface area contributed by atoms with Gasteiger partial charge in [0.1, 0.15) is 0 Å². The molecule has 21 heavy (non-hydrogen) atoms. The summed E-state index contributed by atoms with van der Waals surface area (Å²) < 4.78 is 0. The van der Waals surface area contributed by atoms with Crippen LogP contribution in [0, 0.1) is 5.41 Å². The smallest absolute Gasteiger partial charge is 0.0331 e. The van der Waals surface area contributed by atoms with E-state index in [4.69, 9.17) is 0 Å². The van der Waals surface area contributed by atoms with Crippen molar-refractivity contribution in [3.8, 4) is 0 Å². The van der Waals surface area contributed by atoms with Crippen molar-refractivity contribution in [2.75, 3.05) is 19.6 Å². The molecule has 0 saturated carbocycles. The SMILES string of the molecule is CCC(CC)(CNC(C)C)CN1CCc2sccc2C1C. The normalized spacial score (nSPS) is 20.0. The van der Waals surface area contributed by atoms with Gasteiger partial charge in [-0.25, -0.2) is 0 Å². The van der Waals surface area contributed by atoms with E-state index in [2.05, 4.69) is 56.3 Å². The zero-order chi connectivity index (χ0) is 15.5. The van der Waals surface area contributed by atoms with Gasteiger partial charge in [-0.05, 0) is 48.6 Å². The molecule has 0 bridgehead atoms. The van der Waals surface area contributed by atoms with Crippen LogP contribution in [-0.2, 0) is 6.42 Å². The van der Waals surface area contributed by atoms with Gasteiger partial charge >= 0.3 is 0 Å². The van der Waals surface area contributed by atoms with E-state index < -0.39 is 0 Å². The van der Waals surface area contributed by atoms with Crippen LogP contribution in [-0.4, -0.2) is 30.6 Å². The monoisotopic (exact) mass is 308 g/mol. The first-order valence-electron chi connectivity index (χ1n) is 8.55. The maximum Gasteiger partial charge on any atom is 0.0331 e. The average Bonchev–Trinajstić information content (AvgIpc) is 2.95. The molecule has 1 N–H and O–H groups in total. The Morgan fingerprint density at radius 3 is 2.71 bits per heavy atom. The van der Waals surface area contributed by atoms with Gasteiger partial charge in [-0.3, -0.25) is 4.90 Å². The first-order chi connectivity index (χ1) is 10.0. The van der Waals surface area contributed by atoms with Gasteiger partial charge in [0.05, 0.1) is 0 Å². The zero-order valence-electron chi connectivity index (χ0n) is 14.4. The Labute approximate surface area is 134 Å². The Balaban J connectivity index is 2.07. The third-order valence-electron chi connectivity index (χ3n) is 5.33. The number of rotatable bonds is 7. The molecular formula is C18H32N2S. The van der Waals surface area contributed by atoms with Crippen LogP contribution in [0.3, 0.4) is 0 Å². The van der Waals surface area contributed by atoms with Crippen molar-refractivity contribution in [1.29, 1.82) is 0 Å². The lowest BCUT2D eigenvalue weighted by Gasteiger charge is -2.42. The number of hydrogen-bond acceptors (Lipinski definition) is 3.